The molecule has 0 radical (unpaired) electrons. The van der Waals surface area contributed by atoms with Gasteiger partial charge in [0.2, 0.25) is 0 Å². The van der Waals surface area contributed by atoms with Crippen LogP contribution in [0.2, 0.25) is 0 Å². The molecule has 0 saturated heterocycles. The molecular weight excluding hydrogens is 939 g/mol. The molecule has 0 fully saturated rings. The van der Waals surface area contributed by atoms with Crippen molar-refractivity contribution in [3.63, 3.8) is 0 Å². The number of hydrogen-bond donors (Lipinski definition) is 0. The predicted molar refractivity (Wildman–Crippen MR) is 325 cm³/mol. The summed E-state index contributed by atoms with van der Waals surface area (Å²) in [4.78, 5) is 4.11. The SMILES string of the molecule is [2H]c1c([2H])c([2H])c(N(c2ccc(-c3ccccc3)cc2)c2cc(-c3cc4c5ccccc5n(-c5ccccc5)c4c4c3sc3ccccc34)cc(N(c3ccc(-c4ccccc4)cc3)c3ccc(-c4ccccc4)cc3)c2)c([2H])c1[2H]. The Kier molecular flexibility index (Phi) is 10.1. The van der Waals surface area contributed by atoms with Crippen molar-refractivity contribution in [1.82, 2.24) is 4.57 Å². The minimum atomic E-state index is -0.457. The number of aromatic nitrogens is 1. The lowest BCUT2D eigenvalue weighted by Gasteiger charge is -2.30. The van der Waals surface area contributed by atoms with Crippen LogP contribution >= 0.6 is 11.3 Å². The van der Waals surface area contributed by atoms with Gasteiger partial charge in [0, 0.05) is 76.3 Å². The Morgan fingerprint density at radius 1 is 0.329 bits per heavy atom. The topological polar surface area (TPSA) is 11.4 Å². The van der Waals surface area contributed by atoms with Crippen molar-refractivity contribution < 1.29 is 6.85 Å². The first-order valence-corrected chi connectivity index (χ1v) is 26.3. The third kappa shape index (κ3) is 8.09. The van der Waals surface area contributed by atoms with E-state index < -0.39 is 18.1 Å². The average Bonchev–Trinajstić information content (AvgIpc) is 3.68. The maximum absolute atomic E-state index is 9.63. The van der Waals surface area contributed by atoms with Gasteiger partial charge in [0.1, 0.15) is 0 Å². The Hall–Kier alpha value is -9.74. The lowest BCUT2D eigenvalue weighted by atomic mass is 9.97. The molecule has 0 unspecified atom stereocenters. The number of thiophene rings is 1. The molecule has 3 nitrogen and oxygen atoms in total. The highest BCUT2D eigenvalue weighted by molar-refractivity contribution is 7.26. The van der Waals surface area contributed by atoms with Crippen molar-refractivity contribution in [3.05, 3.63) is 297 Å². The van der Waals surface area contributed by atoms with E-state index in [-0.39, 0.29) is 17.8 Å². The van der Waals surface area contributed by atoms with E-state index >= 15 is 0 Å². The van der Waals surface area contributed by atoms with Gasteiger partial charge in [-0.05, 0) is 136 Å². The summed E-state index contributed by atoms with van der Waals surface area (Å²) in [5, 5.41) is 4.50. The van der Waals surface area contributed by atoms with Gasteiger partial charge >= 0.3 is 0 Å². The minimum absolute atomic E-state index is 0.0379. The van der Waals surface area contributed by atoms with Gasteiger partial charge in [-0.2, -0.15) is 0 Å². The molecule has 2 aromatic heterocycles. The fraction of sp³-hybridized carbons (Fsp3) is 0. The number of benzene rings is 12. The average molecular weight is 993 g/mol. The van der Waals surface area contributed by atoms with Crippen LogP contribution < -0.4 is 9.80 Å². The first kappa shape index (κ1) is 39.7. The van der Waals surface area contributed by atoms with Gasteiger partial charge in [0.25, 0.3) is 0 Å². The quantitative estimate of drug-likeness (QED) is 0.128. The van der Waals surface area contributed by atoms with Crippen LogP contribution in [0.5, 0.6) is 0 Å². The first-order valence-electron chi connectivity index (χ1n) is 28.0. The molecule has 14 rings (SSSR count). The lowest BCUT2D eigenvalue weighted by Crippen LogP contribution is -2.13. The molecule has 358 valence electrons. The third-order valence-corrected chi connectivity index (χ3v) is 15.6. The van der Waals surface area contributed by atoms with Gasteiger partial charge in [-0.25, -0.2) is 0 Å². The number of rotatable bonds is 11. The first-order chi connectivity index (χ1) is 39.8. The third-order valence-electron chi connectivity index (χ3n) is 14.4. The molecule has 0 aliphatic rings. The Bertz CT molecular complexity index is 4550. The van der Waals surface area contributed by atoms with Crippen LogP contribution in [0.4, 0.5) is 34.1 Å². The zero-order valence-electron chi connectivity index (χ0n) is 46.2. The molecule has 0 bridgehead atoms. The van der Waals surface area contributed by atoms with E-state index in [1.165, 1.54) is 0 Å². The summed E-state index contributed by atoms with van der Waals surface area (Å²) in [6.07, 6.45) is 0. The Morgan fingerprint density at radius 3 is 1.29 bits per heavy atom. The van der Waals surface area contributed by atoms with Gasteiger partial charge < -0.3 is 14.4 Å². The molecule has 76 heavy (non-hydrogen) atoms. The zero-order valence-corrected chi connectivity index (χ0v) is 42.0. The van der Waals surface area contributed by atoms with Crippen molar-refractivity contribution in [2.24, 2.45) is 0 Å². The van der Waals surface area contributed by atoms with Crippen molar-refractivity contribution in [2.75, 3.05) is 9.80 Å². The van der Waals surface area contributed by atoms with E-state index in [4.69, 9.17) is 4.11 Å². The van der Waals surface area contributed by atoms with E-state index in [2.05, 4.69) is 222 Å². The molecule has 4 heteroatoms. The highest BCUT2D eigenvalue weighted by Gasteiger charge is 2.25. The van der Waals surface area contributed by atoms with Crippen LogP contribution in [0.25, 0.3) is 92.2 Å². The molecule has 0 aliphatic heterocycles. The van der Waals surface area contributed by atoms with Crippen molar-refractivity contribution >= 4 is 87.4 Å². The number of para-hydroxylation sites is 3. The summed E-state index contributed by atoms with van der Waals surface area (Å²) in [5.74, 6) is 0. The second kappa shape index (κ2) is 19.3. The predicted octanol–water partition coefficient (Wildman–Crippen LogP) is 20.8. The fourth-order valence-electron chi connectivity index (χ4n) is 10.9. The van der Waals surface area contributed by atoms with Gasteiger partial charge in [0.15, 0.2) is 0 Å². The Balaban J connectivity index is 1.09. The van der Waals surface area contributed by atoms with Gasteiger partial charge in [0.05, 0.1) is 17.9 Å². The summed E-state index contributed by atoms with van der Waals surface area (Å²) in [6, 6.07) is 90.9. The summed E-state index contributed by atoms with van der Waals surface area (Å²) >= 11 is 1.76. The van der Waals surface area contributed by atoms with Gasteiger partial charge in [-0.15, -0.1) is 11.3 Å². The van der Waals surface area contributed by atoms with Crippen LogP contribution in [0, 0.1) is 0 Å². The van der Waals surface area contributed by atoms with Crippen molar-refractivity contribution in [1.29, 1.82) is 0 Å². The molecule has 0 N–H and O–H groups in total. The van der Waals surface area contributed by atoms with Crippen molar-refractivity contribution in [2.45, 2.75) is 0 Å². The number of fused-ring (bicyclic) bond motifs is 7. The summed E-state index contributed by atoms with van der Waals surface area (Å²) < 4.78 is 50.8. The van der Waals surface area contributed by atoms with E-state index in [9.17, 15) is 2.74 Å². The van der Waals surface area contributed by atoms with Gasteiger partial charge in [-0.3, -0.25) is 0 Å². The van der Waals surface area contributed by atoms with E-state index in [1.807, 2.05) is 59.5 Å². The fourth-order valence-corrected chi connectivity index (χ4v) is 12.2. The zero-order chi connectivity index (χ0) is 54.7. The van der Waals surface area contributed by atoms with E-state index in [0.717, 1.165) is 109 Å². The largest absolute Gasteiger partial charge is 0.310 e. The smallest absolute Gasteiger partial charge is 0.0645 e. The summed E-state index contributed by atoms with van der Waals surface area (Å²) in [5.41, 5.74) is 15.4. The molecule has 2 heterocycles. The molecule has 0 spiro atoms. The molecular formula is C72H49N3S. The molecule has 0 aliphatic carbocycles. The second-order valence-corrected chi connectivity index (χ2v) is 20.0. The molecule has 12 aromatic carbocycles. The monoisotopic (exact) mass is 992 g/mol. The standard InChI is InChI=1S/C72H49N3S/c1-6-20-50(21-7-1)53-34-40-59(41-35-53)73(57-26-12-4-13-27-57)62-46-56(66-49-67-64-30-16-18-32-68(64)75(58-28-14-5-15-29-58)71(67)70-65-31-17-19-33-69(65)76-72(66)70)47-63(48-62)74(60-42-36-54(37-43-60)51-22-8-2-9-23-51)61-44-38-55(39-45-61)52-24-10-3-11-25-52/h1-49H/i4D,12D,13D,26D,27D. The second-order valence-electron chi connectivity index (χ2n) is 18.9. The van der Waals surface area contributed by atoms with Gasteiger partial charge in [-0.1, -0.05) is 200 Å². The molecule has 0 saturated carbocycles. The maximum atomic E-state index is 9.63. The minimum Gasteiger partial charge on any atom is -0.310 e. The van der Waals surface area contributed by atoms with Crippen LogP contribution in [0.15, 0.2) is 297 Å². The molecule has 14 aromatic rings. The Labute approximate surface area is 453 Å². The number of anilines is 6. The lowest BCUT2D eigenvalue weighted by molar-refractivity contribution is 1.19. The van der Waals surface area contributed by atoms with E-state index in [0.29, 0.717) is 11.4 Å². The van der Waals surface area contributed by atoms with Crippen molar-refractivity contribution in [3.8, 4) is 50.2 Å². The summed E-state index contributed by atoms with van der Waals surface area (Å²) in [6.45, 7) is 0. The van der Waals surface area contributed by atoms with Crippen LogP contribution in [-0.4, -0.2) is 4.57 Å². The highest BCUT2D eigenvalue weighted by Crippen LogP contribution is 2.50. The Morgan fingerprint density at radius 2 is 0.763 bits per heavy atom. The highest BCUT2D eigenvalue weighted by atomic mass is 32.1. The number of nitrogens with zero attached hydrogens (tertiary/aromatic N) is 3. The molecule has 0 atom stereocenters. The van der Waals surface area contributed by atoms with E-state index in [1.54, 1.807) is 11.3 Å². The van der Waals surface area contributed by atoms with Crippen LogP contribution in [-0.2, 0) is 0 Å². The summed E-state index contributed by atoms with van der Waals surface area (Å²) in [7, 11) is 0. The normalized spacial score (nSPS) is 12.3. The van der Waals surface area contributed by atoms with Crippen LogP contribution in [0.1, 0.15) is 6.85 Å². The maximum Gasteiger partial charge on any atom is 0.0645 e. The number of hydrogen-bond acceptors (Lipinski definition) is 3. The molecule has 0 amide bonds. The van der Waals surface area contributed by atoms with Crippen LogP contribution in [0.3, 0.4) is 0 Å².